The van der Waals surface area contributed by atoms with Gasteiger partial charge in [-0.1, -0.05) is 12.1 Å². The van der Waals surface area contributed by atoms with Gasteiger partial charge in [-0.3, -0.25) is 4.79 Å². The molecular formula is C29H28FN5O3S. The zero-order chi connectivity index (χ0) is 27.6. The van der Waals surface area contributed by atoms with Gasteiger partial charge in [0, 0.05) is 29.9 Å². The number of nitriles is 1. The molecule has 2 heterocycles. The van der Waals surface area contributed by atoms with E-state index in [-0.39, 0.29) is 29.2 Å². The van der Waals surface area contributed by atoms with Gasteiger partial charge >= 0.3 is 0 Å². The summed E-state index contributed by atoms with van der Waals surface area (Å²) in [6.07, 6.45) is 3.31. The lowest BCUT2D eigenvalue weighted by molar-refractivity contribution is 0.0952. The van der Waals surface area contributed by atoms with Crippen LogP contribution in [0.3, 0.4) is 0 Å². The monoisotopic (exact) mass is 545 g/mol. The highest BCUT2D eigenvalue weighted by atomic mass is 32.2. The van der Waals surface area contributed by atoms with Crippen LogP contribution < -0.4 is 10.0 Å². The van der Waals surface area contributed by atoms with Crippen molar-refractivity contribution >= 4 is 26.8 Å². The average molecular weight is 546 g/mol. The fourth-order valence-electron chi connectivity index (χ4n) is 4.80. The molecule has 1 aromatic heterocycles. The van der Waals surface area contributed by atoms with Crippen molar-refractivity contribution in [2.75, 3.05) is 20.1 Å². The van der Waals surface area contributed by atoms with E-state index in [2.05, 4.69) is 21.0 Å². The molecule has 0 radical (unpaired) electrons. The summed E-state index contributed by atoms with van der Waals surface area (Å²) in [6.45, 7) is 1.89. The second kappa shape index (κ2) is 11.0. The highest BCUT2D eigenvalue weighted by Gasteiger charge is 2.23. The van der Waals surface area contributed by atoms with Crippen molar-refractivity contribution in [2.45, 2.75) is 30.3 Å². The summed E-state index contributed by atoms with van der Waals surface area (Å²) < 4.78 is 43.6. The molecule has 0 bridgehead atoms. The number of piperidine rings is 1. The van der Waals surface area contributed by atoms with Crippen LogP contribution in [-0.2, 0) is 16.6 Å². The van der Waals surface area contributed by atoms with E-state index in [1.807, 2.05) is 7.05 Å². The van der Waals surface area contributed by atoms with E-state index in [9.17, 15) is 22.9 Å². The number of likely N-dealkylation sites (tertiary alicyclic amines) is 1. The molecule has 0 aliphatic carbocycles. The maximum absolute atomic E-state index is 13.4. The molecule has 1 amide bonds. The molecule has 0 saturated carbocycles. The lowest BCUT2D eigenvalue weighted by atomic mass is 10.1. The van der Waals surface area contributed by atoms with Crippen molar-refractivity contribution in [2.24, 2.45) is 0 Å². The molecule has 1 aliphatic heterocycles. The van der Waals surface area contributed by atoms with E-state index < -0.39 is 10.0 Å². The van der Waals surface area contributed by atoms with Gasteiger partial charge in [-0.15, -0.1) is 0 Å². The van der Waals surface area contributed by atoms with Crippen LogP contribution in [0.1, 0.15) is 34.3 Å². The number of carbonyl (C=O) groups excluding carboxylic acids is 1. The minimum atomic E-state index is -3.63. The molecule has 1 fully saturated rings. The number of halogens is 1. The molecule has 5 rings (SSSR count). The van der Waals surface area contributed by atoms with Gasteiger partial charge in [0.05, 0.1) is 27.6 Å². The normalized spacial score (nSPS) is 14.8. The fourth-order valence-corrected chi connectivity index (χ4v) is 6.10. The third kappa shape index (κ3) is 5.86. The second-order valence-corrected chi connectivity index (χ2v) is 11.5. The van der Waals surface area contributed by atoms with E-state index in [0.717, 1.165) is 31.5 Å². The van der Waals surface area contributed by atoms with Crippen molar-refractivity contribution in [1.82, 2.24) is 19.5 Å². The van der Waals surface area contributed by atoms with Crippen molar-refractivity contribution in [3.8, 4) is 11.8 Å². The summed E-state index contributed by atoms with van der Waals surface area (Å²) in [5, 5.41) is 13.1. The Hall–Kier alpha value is -4.04. The van der Waals surface area contributed by atoms with Crippen LogP contribution in [0, 0.1) is 17.1 Å². The smallest absolute Gasteiger partial charge is 0.252 e. The average Bonchev–Trinajstić information content (AvgIpc) is 3.37. The lowest BCUT2D eigenvalue weighted by Gasteiger charge is -2.29. The Morgan fingerprint density at radius 3 is 2.41 bits per heavy atom. The van der Waals surface area contributed by atoms with Crippen LogP contribution in [0.25, 0.3) is 16.6 Å². The number of nitrogens with zero attached hydrogens (tertiary/aromatic N) is 3. The Morgan fingerprint density at radius 2 is 1.74 bits per heavy atom. The predicted molar refractivity (Wildman–Crippen MR) is 146 cm³/mol. The highest BCUT2D eigenvalue weighted by Crippen LogP contribution is 2.26. The van der Waals surface area contributed by atoms with E-state index in [1.165, 1.54) is 30.3 Å². The zero-order valence-corrected chi connectivity index (χ0v) is 22.2. The van der Waals surface area contributed by atoms with Crippen molar-refractivity contribution in [3.05, 3.63) is 95.4 Å². The van der Waals surface area contributed by atoms with Crippen LogP contribution in [-0.4, -0.2) is 50.0 Å². The van der Waals surface area contributed by atoms with Crippen molar-refractivity contribution in [1.29, 1.82) is 5.26 Å². The molecule has 3 aromatic carbocycles. The maximum atomic E-state index is 13.4. The molecule has 8 nitrogen and oxygen atoms in total. The third-order valence-corrected chi connectivity index (χ3v) is 8.55. The largest absolute Gasteiger partial charge is 0.348 e. The summed E-state index contributed by atoms with van der Waals surface area (Å²) in [5.41, 5.74) is 2.75. The molecule has 1 saturated heterocycles. The summed E-state index contributed by atoms with van der Waals surface area (Å²) in [7, 11) is -1.61. The number of amides is 1. The molecule has 39 heavy (non-hydrogen) atoms. The molecule has 1 aliphatic rings. The van der Waals surface area contributed by atoms with Crippen LogP contribution in [0.5, 0.6) is 0 Å². The van der Waals surface area contributed by atoms with E-state index in [0.29, 0.717) is 27.7 Å². The number of fused-ring (bicyclic) bond motifs is 1. The molecule has 0 spiro atoms. The standard InChI is InChI=1S/C29H28FN5O3S/c1-34-13-10-23(11-14-34)33-39(37,38)25-8-2-20(3-9-25)19-32-29(36)27-16-21(18-31)17-28-26(27)12-15-35(28)24-6-4-22(30)5-7-24/h2-9,12,15-17,23,33H,10-11,13-14,19H2,1H3,(H,32,36). The third-order valence-electron chi connectivity index (χ3n) is 7.01. The summed E-state index contributed by atoms with van der Waals surface area (Å²) in [4.78, 5) is 15.5. The molecule has 10 heteroatoms. The Morgan fingerprint density at radius 1 is 1.05 bits per heavy atom. The predicted octanol–water partition coefficient (Wildman–Crippen LogP) is 3.94. The van der Waals surface area contributed by atoms with Crippen molar-refractivity contribution < 1.29 is 17.6 Å². The Kier molecular flexibility index (Phi) is 7.48. The molecule has 0 unspecified atom stereocenters. The number of carbonyl (C=O) groups is 1. The molecule has 2 N–H and O–H groups in total. The first-order valence-corrected chi connectivity index (χ1v) is 14.1. The maximum Gasteiger partial charge on any atom is 0.252 e. The van der Waals surface area contributed by atoms with Crippen LogP contribution in [0.15, 0.2) is 77.8 Å². The number of nitrogens with one attached hydrogen (secondary N) is 2. The summed E-state index contributed by atoms with van der Waals surface area (Å²) in [6, 6.07) is 19.4. The first-order valence-electron chi connectivity index (χ1n) is 12.6. The van der Waals surface area contributed by atoms with E-state index in [4.69, 9.17) is 0 Å². The van der Waals surface area contributed by atoms with Gasteiger partial charge in [-0.2, -0.15) is 5.26 Å². The number of sulfonamides is 1. The van der Waals surface area contributed by atoms with E-state index >= 15 is 0 Å². The Labute approximate surface area is 226 Å². The number of rotatable bonds is 7. The van der Waals surface area contributed by atoms with Gasteiger partial charge < -0.3 is 14.8 Å². The first-order chi connectivity index (χ1) is 18.7. The highest BCUT2D eigenvalue weighted by molar-refractivity contribution is 7.89. The Balaban J connectivity index is 1.30. The first kappa shape index (κ1) is 26.6. The minimum absolute atomic E-state index is 0.0795. The molecule has 200 valence electrons. The van der Waals surface area contributed by atoms with E-state index in [1.54, 1.807) is 47.2 Å². The second-order valence-electron chi connectivity index (χ2n) is 9.76. The Bertz CT molecular complexity index is 1650. The van der Waals surface area contributed by atoms with Gasteiger partial charge in [0.25, 0.3) is 5.91 Å². The van der Waals surface area contributed by atoms with Crippen molar-refractivity contribution in [3.63, 3.8) is 0 Å². The zero-order valence-electron chi connectivity index (χ0n) is 21.4. The van der Waals surface area contributed by atoms with Gasteiger partial charge in [0.2, 0.25) is 10.0 Å². The van der Waals surface area contributed by atoms with Crippen LogP contribution in [0.2, 0.25) is 0 Å². The number of hydrogen-bond donors (Lipinski definition) is 2. The van der Waals surface area contributed by atoms with Gasteiger partial charge in [-0.05, 0) is 93.1 Å². The molecule has 4 aromatic rings. The van der Waals surface area contributed by atoms with Gasteiger partial charge in [0.1, 0.15) is 5.82 Å². The number of aromatic nitrogens is 1. The quantitative estimate of drug-likeness (QED) is 0.366. The van der Waals surface area contributed by atoms with Gasteiger partial charge in [0.15, 0.2) is 0 Å². The number of benzene rings is 3. The summed E-state index contributed by atoms with van der Waals surface area (Å²) >= 11 is 0. The fraction of sp³-hybridized carbons (Fsp3) is 0.241. The van der Waals surface area contributed by atoms with Gasteiger partial charge in [-0.25, -0.2) is 17.5 Å². The number of hydrogen-bond acceptors (Lipinski definition) is 5. The molecular weight excluding hydrogens is 517 g/mol. The van der Waals surface area contributed by atoms with Crippen LogP contribution >= 0.6 is 0 Å². The summed E-state index contributed by atoms with van der Waals surface area (Å²) in [5.74, 6) is -0.721. The topological polar surface area (TPSA) is 107 Å². The SMILES string of the molecule is CN1CCC(NS(=O)(=O)c2ccc(CNC(=O)c3cc(C#N)cc4c3ccn4-c3ccc(F)cc3)cc2)CC1. The lowest BCUT2D eigenvalue weighted by Crippen LogP contribution is -2.43. The minimum Gasteiger partial charge on any atom is -0.348 e. The molecule has 0 atom stereocenters. The van der Waals surface area contributed by atoms with Crippen LogP contribution in [0.4, 0.5) is 4.39 Å².